The Morgan fingerprint density at radius 3 is 1.83 bits per heavy atom. The average molecular weight is 329 g/mol. The van der Waals surface area contributed by atoms with Gasteiger partial charge in [-0.3, -0.25) is 0 Å². The normalized spacial score (nSPS) is 10.9. The summed E-state index contributed by atoms with van der Waals surface area (Å²) in [7, 11) is 0. The molecule has 0 aliphatic rings. The van der Waals surface area contributed by atoms with Crippen molar-refractivity contribution in [3.63, 3.8) is 0 Å². The lowest BCUT2D eigenvalue weighted by Gasteiger charge is -2.17. The van der Waals surface area contributed by atoms with E-state index < -0.39 is 0 Å². The van der Waals surface area contributed by atoms with Crippen LogP contribution in [0.25, 0.3) is 33.0 Å². The summed E-state index contributed by atoms with van der Waals surface area (Å²) >= 11 is 6.23. The van der Waals surface area contributed by atoms with Crippen LogP contribution in [-0.4, -0.2) is 0 Å². The molecule has 24 heavy (non-hydrogen) atoms. The van der Waals surface area contributed by atoms with E-state index in [1.165, 1.54) is 38.6 Å². The molecule has 0 saturated heterocycles. The maximum Gasteiger partial charge on any atom is 0.0412 e. The third-order valence-electron chi connectivity index (χ3n) is 4.42. The van der Waals surface area contributed by atoms with Crippen LogP contribution in [0.5, 0.6) is 0 Å². The highest BCUT2D eigenvalue weighted by Gasteiger charge is 2.14. The molecule has 0 aromatic heterocycles. The molecule has 0 aliphatic carbocycles. The summed E-state index contributed by atoms with van der Waals surface area (Å²) in [6.07, 6.45) is 0. The Labute approximate surface area is 147 Å². The molecule has 0 atom stereocenters. The van der Waals surface area contributed by atoms with Gasteiger partial charge in [-0.15, -0.1) is 0 Å². The van der Waals surface area contributed by atoms with Gasteiger partial charge in [-0.2, -0.15) is 0 Å². The number of halogens is 1. The summed E-state index contributed by atoms with van der Waals surface area (Å²) in [5.74, 6) is 0. The zero-order valence-corrected chi connectivity index (χ0v) is 14.2. The lowest BCUT2D eigenvalue weighted by Crippen LogP contribution is -1.92. The topological polar surface area (TPSA) is 0 Å². The molecule has 0 N–H and O–H groups in total. The summed E-state index contributed by atoms with van der Waals surface area (Å²) < 4.78 is 0. The van der Waals surface area contributed by atoms with Crippen molar-refractivity contribution in [3.05, 3.63) is 95.5 Å². The number of aryl methyl sites for hydroxylation is 1. The van der Waals surface area contributed by atoms with E-state index in [4.69, 9.17) is 11.6 Å². The highest BCUT2D eigenvalue weighted by molar-refractivity contribution is 6.31. The van der Waals surface area contributed by atoms with Gasteiger partial charge in [0.25, 0.3) is 0 Å². The van der Waals surface area contributed by atoms with Crippen molar-refractivity contribution in [2.24, 2.45) is 0 Å². The third kappa shape index (κ3) is 2.60. The molecule has 0 spiro atoms. The van der Waals surface area contributed by atoms with Crippen molar-refractivity contribution < 1.29 is 0 Å². The van der Waals surface area contributed by atoms with Gasteiger partial charge in [-0.1, -0.05) is 84.4 Å². The maximum absolute atomic E-state index is 6.23. The first-order chi connectivity index (χ1) is 11.7. The first kappa shape index (κ1) is 15.0. The van der Waals surface area contributed by atoms with Gasteiger partial charge in [0.1, 0.15) is 0 Å². The second-order valence-corrected chi connectivity index (χ2v) is 6.48. The SMILES string of the molecule is Cc1cc2cc(Cl)ccc2c(-c2ccccc2)c1-c1ccccc1. The minimum absolute atomic E-state index is 0.772. The predicted octanol–water partition coefficient (Wildman–Crippen LogP) is 7.14. The Morgan fingerprint density at radius 2 is 1.21 bits per heavy atom. The van der Waals surface area contributed by atoms with Gasteiger partial charge in [-0.05, 0) is 57.6 Å². The molecule has 0 nitrogen and oxygen atoms in total. The monoisotopic (exact) mass is 328 g/mol. The van der Waals surface area contributed by atoms with E-state index in [1.807, 2.05) is 12.1 Å². The molecule has 0 heterocycles. The Balaban J connectivity index is 2.15. The highest BCUT2D eigenvalue weighted by Crippen LogP contribution is 2.41. The number of fused-ring (bicyclic) bond motifs is 1. The molecular formula is C23H17Cl. The van der Waals surface area contributed by atoms with Crippen molar-refractivity contribution in [1.29, 1.82) is 0 Å². The number of hydrogen-bond acceptors (Lipinski definition) is 0. The van der Waals surface area contributed by atoms with Gasteiger partial charge in [0.15, 0.2) is 0 Å². The Hall–Kier alpha value is -2.57. The molecule has 4 aromatic rings. The fourth-order valence-corrected chi connectivity index (χ4v) is 3.58. The molecule has 0 aliphatic heterocycles. The van der Waals surface area contributed by atoms with Gasteiger partial charge >= 0.3 is 0 Å². The van der Waals surface area contributed by atoms with Gasteiger partial charge in [0.2, 0.25) is 0 Å². The molecule has 4 rings (SSSR count). The Bertz CT molecular complexity index is 1000. The Morgan fingerprint density at radius 1 is 0.625 bits per heavy atom. The molecule has 1 heteroatoms. The van der Waals surface area contributed by atoms with E-state index in [2.05, 4.69) is 79.7 Å². The summed E-state index contributed by atoms with van der Waals surface area (Å²) in [5, 5.41) is 3.18. The number of rotatable bonds is 2. The molecule has 116 valence electrons. The van der Waals surface area contributed by atoms with Gasteiger partial charge in [0, 0.05) is 5.02 Å². The van der Waals surface area contributed by atoms with Crippen LogP contribution in [0.2, 0.25) is 5.02 Å². The summed E-state index contributed by atoms with van der Waals surface area (Å²) in [6.45, 7) is 2.18. The molecule has 0 fully saturated rings. The van der Waals surface area contributed by atoms with E-state index in [0.717, 1.165) is 5.02 Å². The minimum atomic E-state index is 0.772. The lowest BCUT2D eigenvalue weighted by molar-refractivity contribution is 1.48. The second-order valence-electron chi connectivity index (χ2n) is 6.04. The summed E-state index contributed by atoms with van der Waals surface area (Å²) in [5.41, 5.74) is 6.29. The van der Waals surface area contributed by atoms with Crippen LogP contribution in [0.4, 0.5) is 0 Å². The van der Waals surface area contributed by atoms with E-state index in [-0.39, 0.29) is 0 Å². The molecule has 0 unspecified atom stereocenters. The molecule has 4 aromatic carbocycles. The fraction of sp³-hybridized carbons (Fsp3) is 0.0435. The van der Waals surface area contributed by atoms with E-state index in [1.54, 1.807) is 0 Å². The van der Waals surface area contributed by atoms with Crippen LogP contribution >= 0.6 is 11.6 Å². The number of hydrogen-bond donors (Lipinski definition) is 0. The van der Waals surface area contributed by atoms with Crippen molar-refractivity contribution in [2.75, 3.05) is 0 Å². The average Bonchev–Trinajstić information content (AvgIpc) is 2.62. The molecule has 0 amide bonds. The van der Waals surface area contributed by atoms with Crippen molar-refractivity contribution >= 4 is 22.4 Å². The zero-order chi connectivity index (χ0) is 16.5. The predicted molar refractivity (Wildman–Crippen MR) is 105 cm³/mol. The standard InChI is InChI=1S/C23H17Cl/c1-16-14-19-15-20(24)12-13-21(19)23(18-10-6-3-7-11-18)22(16)17-8-4-2-5-9-17/h2-15H,1H3. The second kappa shape index (κ2) is 6.14. The molecular weight excluding hydrogens is 312 g/mol. The quantitative estimate of drug-likeness (QED) is 0.367. The van der Waals surface area contributed by atoms with E-state index in [9.17, 15) is 0 Å². The Kier molecular flexibility index (Phi) is 3.84. The first-order valence-corrected chi connectivity index (χ1v) is 8.45. The van der Waals surface area contributed by atoms with Crippen molar-refractivity contribution in [2.45, 2.75) is 6.92 Å². The van der Waals surface area contributed by atoms with Crippen LogP contribution in [-0.2, 0) is 0 Å². The van der Waals surface area contributed by atoms with Crippen molar-refractivity contribution in [3.8, 4) is 22.3 Å². The van der Waals surface area contributed by atoms with Crippen LogP contribution in [0, 0.1) is 6.92 Å². The number of benzene rings is 4. The van der Waals surface area contributed by atoms with Gasteiger partial charge < -0.3 is 0 Å². The highest BCUT2D eigenvalue weighted by atomic mass is 35.5. The van der Waals surface area contributed by atoms with E-state index >= 15 is 0 Å². The lowest BCUT2D eigenvalue weighted by atomic mass is 9.87. The first-order valence-electron chi connectivity index (χ1n) is 8.08. The van der Waals surface area contributed by atoms with Crippen LogP contribution in [0.3, 0.4) is 0 Å². The van der Waals surface area contributed by atoms with Crippen LogP contribution < -0.4 is 0 Å². The van der Waals surface area contributed by atoms with Gasteiger partial charge in [-0.25, -0.2) is 0 Å². The van der Waals surface area contributed by atoms with E-state index in [0.29, 0.717) is 0 Å². The summed E-state index contributed by atoms with van der Waals surface area (Å²) in [6, 6.07) is 29.6. The van der Waals surface area contributed by atoms with Crippen LogP contribution in [0.15, 0.2) is 84.9 Å². The fourth-order valence-electron chi connectivity index (χ4n) is 3.40. The molecule has 0 bridgehead atoms. The van der Waals surface area contributed by atoms with Gasteiger partial charge in [0.05, 0.1) is 0 Å². The molecule has 0 saturated carbocycles. The largest absolute Gasteiger partial charge is 0.0843 e. The third-order valence-corrected chi connectivity index (χ3v) is 4.66. The summed E-state index contributed by atoms with van der Waals surface area (Å²) in [4.78, 5) is 0. The smallest absolute Gasteiger partial charge is 0.0412 e. The van der Waals surface area contributed by atoms with Crippen LogP contribution in [0.1, 0.15) is 5.56 Å². The van der Waals surface area contributed by atoms with Crippen molar-refractivity contribution in [1.82, 2.24) is 0 Å². The zero-order valence-electron chi connectivity index (χ0n) is 13.5. The minimum Gasteiger partial charge on any atom is -0.0843 e. The maximum atomic E-state index is 6.23. The molecule has 0 radical (unpaired) electrons.